The summed E-state index contributed by atoms with van der Waals surface area (Å²) < 4.78 is 10.5. The van der Waals surface area contributed by atoms with E-state index in [9.17, 15) is 19.2 Å². The van der Waals surface area contributed by atoms with Crippen LogP contribution in [0, 0.1) is 6.92 Å². The highest BCUT2D eigenvalue weighted by molar-refractivity contribution is 6.23. The number of hydrazine groups is 1. The Morgan fingerprint density at radius 1 is 1.10 bits per heavy atom. The van der Waals surface area contributed by atoms with Crippen LogP contribution in [0.1, 0.15) is 29.3 Å². The fraction of sp³-hybridized carbons (Fsp3) is 0.273. The van der Waals surface area contributed by atoms with Crippen molar-refractivity contribution in [1.82, 2.24) is 10.4 Å². The number of ether oxygens (including phenoxy) is 2. The van der Waals surface area contributed by atoms with Crippen LogP contribution in [-0.4, -0.2) is 48.9 Å². The number of imide groups is 1. The van der Waals surface area contributed by atoms with Gasteiger partial charge in [-0.1, -0.05) is 17.7 Å². The van der Waals surface area contributed by atoms with Gasteiger partial charge in [-0.2, -0.15) is 0 Å². The summed E-state index contributed by atoms with van der Waals surface area (Å²) in [6.07, 6.45) is -0.285. The van der Waals surface area contributed by atoms with Gasteiger partial charge in [0, 0.05) is 18.6 Å². The van der Waals surface area contributed by atoms with Gasteiger partial charge in [0.2, 0.25) is 11.8 Å². The first-order valence-corrected chi connectivity index (χ1v) is 9.53. The molecule has 3 rings (SSSR count). The number of aryl methyl sites for hydroxylation is 1. The Morgan fingerprint density at radius 2 is 1.84 bits per heavy atom. The lowest BCUT2D eigenvalue weighted by molar-refractivity contribution is -0.139. The Hall–Kier alpha value is -3.88. The van der Waals surface area contributed by atoms with Crippen LogP contribution in [0.25, 0.3) is 0 Å². The Morgan fingerprint density at radius 3 is 2.45 bits per heavy atom. The summed E-state index contributed by atoms with van der Waals surface area (Å²) in [5.41, 5.74) is 3.86. The van der Waals surface area contributed by atoms with Crippen molar-refractivity contribution in [3.63, 3.8) is 0 Å². The fourth-order valence-corrected chi connectivity index (χ4v) is 3.38. The number of hydrogen-bond acceptors (Lipinski definition) is 6. The first kappa shape index (κ1) is 21.8. The molecule has 0 aromatic heterocycles. The third kappa shape index (κ3) is 4.35. The molecule has 9 nitrogen and oxygen atoms in total. The van der Waals surface area contributed by atoms with Gasteiger partial charge < -0.3 is 9.47 Å². The third-order valence-corrected chi connectivity index (χ3v) is 4.90. The lowest BCUT2D eigenvalue weighted by Crippen LogP contribution is -2.54. The number of methoxy groups -OCH3 is 2. The molecule has 2 aromatic rings. The van der Waals surface area contributed by atoms with Gasteiger partial charge in [0.1, 0.15) is 17.5 Å². The quantitative estimate of drug-likeness (QED) is 0.579. The van der Waals surface area contributed by atoms with Crippen LogP contribution >= 0.6 is 0 Å². The maximum atomic E-state index is 13.2. The normalized spacial score (nSPS) is 15.6. The molecule has 0 radical (unpaired) electrons. The van der Waals surface area contributed by atoms with E-state index in [1.54, 1.807) is 30.3 Å². The van der Waals surface area contributed by atoms with Gasteiger partial charge >= 0.3 is 0 Å². The SMILES string of the molecule is COc1ccc(OC)c(N2C(=O)CC(N(NC(=O)c3cccc(C)c3)C(C)=O)C2=O)c1. The van der Waals surface area contributed by atoms with Crippen molar-refractivity contribution in [2.75, 3.05) is 19.1 Å². The molecule has 4 amide bonds. The minimum atomic E-state index is -1.19. The summed E-state index contributed by atoms with van der Waals surface area (Å²) in [5, 5.41) is 0.900. The van der Waals surface area contributed by atoms with E-state index in [-0.39, 0.29) is 12.1 Å². The fourth-order valence-electron chi connectivity index (χ4n) is 3.38. The molecule has 162 valence electrons. The molecule has 1 aliphatic heterocycles. The molecule has 1 aliphatic rings. The summed E-state index contributed by atoms with van der Waals surface area (Å²) in [4.78, 5) is 51.8. The molecule has 1 heterocycles. The van der Waals surface area contributed by atoms with Crippen molar-refractivity contribution >= 4 is 29.3 Å². The predicted molar refractivity (Wildman–Crippen MR) is 112 cm³/mol. The molecule has 0 bridgehead atoms. The van der Waals surface area contributed by atoms with Crippen LogP contribution < -0.4 is 19.8 Å². The van der Waals surface area contributed by atoms with Crippen LogP contribution in [0.2, 0.25) is 0 Å². The van der Waals surface area contributed by atoms with E-state index >= 15 is 0 Å². The zero-order valence-corrected chi connectivity index (χ0v) is 17.7. The molecule has 0 spiro atoms. The smallest absolute Gasteiger partial charge is 0.269 e. The van der Waals surface area contributed by atoms with Crippen molar-refractivity contribution in [3.8, 4) is 11.5 Å². The Kier molecular flexibility index (Phi) is 6.24. The second kappa shape index (κ2) is 8.86. The maximum Gasteiger partial charge on any atom is 0.269 e. The number of hydrogen-bond donors (Lipinski definition) is 1. The van der Waals surface area contributed by atoms with Crippen molar-refractivity contribution in [2.45, 2.75) is 26.3 Å². The van der Waals surface area contributed by atoms with E-state index in [1.807, 2.05) is 13.0 Å². The first-order valence-electron chi connectivity index (χ1n) is 9.53. The van der Waals surface area contributed by atoms with E-state index in [2.05, 4.69) is 5.43 Å². The molecule has 0 saturated carbocycles. The number of carbonyl (C=O) groups is 4. The van der Waals surface area contributed by atoms with Crippen molar-refractivity contribution in [3.05, 3.63) is 53.6 Å². The monoisotopic (exact) mass is 425 g/mol. The Bertz CT molecular complexity index is 1050. The summed E-state index contributed by atoms with van der Waals surface area (Å²) in [6.45, 7) is 3.04. The van der Waals surface area contributed by atoms with Gasteiger partial charge in [-0.05, 0) is 31.2 Å². The van der Waals surface area contributed by atoms with E-state index in [1.165, 1.54) is 27.2 Å². The molecule has 1 fully saturated rings. The second-order valence-electron chi connectivity index (χ2n) is 7.02. The van der Waals surface area contributed by atoms with Gasteiger partial charge in [-0.15, -0.1) is 0 Å². The van der Waals surface area contributed by atoms with Gasteiger partial charge in [0.15, 0.2) is 0 Å². The summed E-state index contributed by atoms with van der Waals surface area (Å²) >= 11 is 0. The lowest BCUT2D eigenvalue weighted by Gasteiger charge is -2.27. The van der Waals surface area contributed by atoms with Gasteiger partial charge in [0.05, 0.1) is 26.3 Å². The predicted octanol–water partition coefficient (Wildman–Crippen LogP) is 1.84. The summed E-state index contributed by atoms with van der Waals surface area (Å²) in [7, 11) is 2.87. The molecule has 9 heteroatoms. The van der Waals surface area contributed by atoms with Crippen molar-refractivity contribution in [1.29, 1.82) is 0 Å². The maximum absolute atomic E-state index is 13.2. The van der Waals surface area contributed by atoms with Gasteiger partial charge in [0.25, 0.3) is 11.8 Å². The highest BCUT2D eigenvalue weighted by Gasteiger charge is 2.45. The minimum Gasteiger partial charge on any atom is -0.497 e. The van der Waals surface area contributed by atoms with E-state index in [4.69, 9.17) is 9.47 Å². The molecule has 1 atom stereocenters. The van der Waals surface area contributed by atoms with Crippen molar-refractivity contribution < 1.29 is 28.7 Å². The number of carbonyl (C=O) groups excluding carboxylic acids is 4. The van der Waals surface area contributed by atoms with Crippen LogP contribution in [0.3, 0.4) is 0 Å². The number of benzene rings is 2. The van der Waals surface area contributed by atoms with Crippen LogP contribution in [0.5, 0.6) is 11.5 Å². The van der Waals surface area contributed by atoms with Gasteiger partial charge in [-0.25, -0.2) is 9.91 Å². The van der Waals surface area contributed by atoms with E-state index < -0.39 is 29.7 Å². The highest BCUT2D eigenvalue weighted by Crippen LogP contribution is 2.36. The van der Waals surface area contributed by atoms with E-state index in [0.29, 0.717) is 17.1 Å². The Balaban J connectivity index is 1.90. The van der Waals surface area contributed by atoms with Crippen LogP contribution in [-0.2, 0) is 14.4 Å². The number of amides is 4. The summed E-state index contributed by atoms with van der Waals surface area (Å²) in [6, 6.07) is 10.3. The van der Waals surface area contributed by atoms with E-state index in [0.717, 1.165) is 15.5 Å². The number of rotatable bonds is 5. The topological polar surface area (TPSA) is 105 Å². The number of nitrogens with zero attached hydrogens (tertiary/aromatic N) is 2. The zero-order valence-electron chi connectivity index (χ0n) is 17.7. The molecular weight excluding hydrogens is 402 g/mol. The average molecular weight is 425 g/mol. The molecule has 2 aromatic carbocycles. The third-order valence-electron chi connectivity index (χ3n) is 4.90. The molecule has 31 heavy (non-hydrogen) atoms. The largest absolute Gasteiger partial charge is 0.497 e. The standard InChI is InChI=1S/C22H23N3O6/c1-13-6-5-7-15(10-13)21(28)23-25(14(2)26)18-12-20(27)24(22(18)29)17-11-16(30-3)8-9-19(17)31-4/h5-11,18H,12H2,1-4H3,(H,23,28). The van der Waals surface area contributed by atoms with Gasteiger partial charge in [-0.3, -0.25) is 24.6 Å². The van der Waals surface area contributed by atoms with Crippen molar-refractivity contribution in [2.24, 2.45) is 0 Å². The number of anilines is 1. The zero-order chi connectivity index (χ0) is 22.7. The van der Waals surface area contributed by atoms with Crippen LogP contribution in [0.4, 0.5) is 5.69 Å². The molecule has 0 aliphatic carbocycles. The summed E-state index contributed by atoms with van der Waals surface area (Å²) in [5.74, 6) is -1.60. The number of nitrogens with one attached hydrogen (secondary N) is 1. The molecule has 1 saturated heterocycles. The molecule has 1 N–H and O–H groups in total. The second-order valence-corrected chi connectivity index (χ2v) is 7.02. The van der Waals surface area contributed by atoms with Crippen LogP contribution in [0.15, 0.2) is 42.5 Å². The average Bonchev–Trinajstić information content (AvgIpc) is 3.04. The Labute approximate surface area is 179 Å². The molecular formula is C22H23N3O6. The lowest BCUT2D eigenvalue weighted by atomic mass is 10.1. The first-order chi connectivity index (χ1) is 14.8. The minimum absolute atomic E-state index is 0.202. The highest BCUT2D eigenvalue weighted by atomic mass is 16.5. The molecule has 1 unspecified atom stereocenters.